The van der Waals surface area contributed by atoms with E-state index in [1.165, 1.54) is 11.8 Å². The lowest BCUT2D eigenvalue weighted by Gasteiger charge is -1.92. The minimum atomic E-state index is 0.591. The molecule has 0 unspecified atom stereocenters. The number of nitrogens with zero attached hydrogens (tertiary/aromatic N) is 1. The van der Waals surface area contributed by atoms with Crippen LogP contribution in [0.15, 0.2) is 4.99 Å². The first-order valence-electron chi connectivity index (χ1n) is 2.33. The SMILES string of the molecule is C/N=C(/C)SC(C)=N. The van der Waals surface area contributed by atoms with Crippen LogP contribution in [0.4, 0.5) is 0 Å². The molecular formula is C5H10N2S. The first-order valence-corrected chi connectivity index (χ1v) is 3.15. The summed E-state index contributed by atoms with van der Waals surface area (Å²) in [6, 6.07) is 0. The smallest absolute Gasteiger partial charge is 0.0700 e. The molecule has 0 aromatic heterocycles. The lowest BCUT2D eigenvalue weighted by molar-refractivity contribution is 1.45. The van der Waals surface area contributed by atoms with Gasteiger partial charge >= 0.3 is 0 Å². The van der Waals surface area contributed by atoms with Crippen molar-refractivity contribution in [2.45, 2.75) is 13.8 Å². The second-order valence-corrected chi connectivity index (χ2v) is 2.81. The lowest BCUT2D eigenvalue weighted by atomic mass is 10.9. The number of rotatable bonds is 0. The maximum atomic E-state index is 7.01. The molecule has 0 atom stereocenters. The van der Waals surface area contributed by atoms with Crippen molar-refractivity contribution in [1.82, 2.24) is 0 Å². The third-order valence-corrected chi connectivity index (χ3v) is 1.40. The molecule has 8 heavy (non-hydrogen) atoms. The van der Waals surface area contributed by atoms with Gasteiger partial charge in [-0.05, 0) is 13.8 Å². The molecule has 0 saturated heterocycles. The van der Waals surface area contributed by atoms with Crippen molar-refractivity contribution in [2.75, 3.05) is 7.05 Å². The second-order valence-electron chi connectivity index (χ2n) is 1.40. The molecule has 0 amide bonds. The van der Waals surface area contributed by atoms with Crippen LogP contribution in [-0.4, -0.2) is 17.1 Å². The Morgan fingerprint density at radius 2 is 2.00 bits per heavy atom. The maximum Gasteiger partial charge on any atom is 0.0700 e. The molecule has 0 aromatic carbocycles. The van der Waals surface area contributed by atoms with Crippen molar-refractivity contribution >= 4 is 21.8 Å². The molecular weight excluding hydrogens is 120 g/mol. The molecule has 2 nitrogen and oxygen atoms in total. The zero-order chi connectivity index (χ0) is 6.57. The van der Waals surface area contributed by atoms with Gasteiger partial charge in [0.15, 0.2) is 0 Å². The summed E-state index contributed by atoms with van der Waals surface area (Å²) >= 11 is 1.39. The molecule has 0 rings (SSSR count). The van der Waals surface area contributed by atoms with Crippen molar-refractivity contribution in [3.8, 4) is 0 Å². The summed E-state index contributed by atoms with van der Waals surface area (Å²) in [5.74, 6) is 0. The van der Waals surface area contributed by atoms with Gasteiger partial charge in [-0.15, -0.1) is 0 Å². The molecule has 0 aliphatic rings. The second kappa shape index (κ2) is 3.66. The van der Waals surface area contributed by atoms with Gasteiger partial charge in [0.1, 0.15) is 0 Å². The predicted molar refractivity (Wildman–Crippen MR) is 40.0 cm³/mol. The van der Waals surface area contributed by atoms with Crippen LogP contribution < -0.4 is 0 Å². The Labute approximate surface area is 53.9 Å². The van der Waals surface area contributed by atoms with Crippen LogP contribution in [0, 0.1) is 5.41 Å². The number of nitrogens with one attached hydrogen (secondary N) is 1. The van der Waals surface area contributed by atoms with Gasteiger partial charge in [-0.3, -0.25) is 10.4 Å². The third-order valence-electron chi connectivity index (χ3n) is 0.616. The van der Waals surface area contributed by atoms with E-state index in [0.29, 0.717) is 5.04 Å². The largest absolute Gasteiger partial charge is 0.298 e. The van der Waals surface area contributed by atoms with Crippen molar-refractivity contribution in [3.05, 3.63) is 0 Å². The van der Waals surface area contributed by atoms with Crippen molar-refractivity contribution in [3.63, 3.8) is 0 Å². The van der Waals surface area contributed by atoms with Crippen LogP contribution in [0.3, 0.4) is 0 Å². The van der Waals surface area contributed by atoms with Crippen LogP contribution in [0.5, 0.6) is 0 Å². The highest BCUT2D eigenvalue weighted by molar-refractivity contribution is 8.26. The molecule has 0 radical (unpaired) electrons. The Morgan fingerprint density at radius 1 is 1.50 bits per heavy atom. The number of aliphatic imine (C=N–C) groups is 1. The molecule has 0 aliphatic heterocycles. The zero-order valence-electron chi connectivity index (χ0n) is 5.36. The Hall–Kier alpha value is -0.310. The van der Waals surface area contributed by atoms with Crippen LogP contribution in [-0.2, 0) is 0 Å². The Bertz CT molecular complexity index is 118. The van der Waals surface area contributed by atoms with Crippen LogP contribution in [0.25, 0.3) is 0 Å². The molecule has 46 valence electrons. The van der Waals surface area contributed by atoms with Crippen molar-refractivity contribution < 1.29 is 0 Å². The molecule has 0 heterocycles. The molecule has 0 bridgehead atoms. The highest BCUT2D eigenvalue weighted by atomic mass is 32.2. The van der Waals surface area contributed by atoms with E-state index in [1.807, 2.05) is 6.92 Å². The summed E-state index contributed by atoms with van der Waals surface area (Å²) in [7, 11) is 1.73. The van der Waals surface area contributed by atoms with Gasteiger partial charge in [0.2, 0.25) is 0 Å². The minimum Gasteiger partial charge on any atom is -0.298 e. The normalized spacial score (nSPS) is 11.6. The molecule has 3 heteroatoms. The first-order chi connectivity index (χ1) is 3.66. The molecule has 0 saturated carbocycles. The van der Waals surface area contributed by atoms with Gasteiger partial charge in [0.05, 0.1) is 10.1 Å². The lowest BCUT2D eigenvalue weighted by Crippen LogP contribution is -1.87. The standard InChI is InChI=1S/C5H10N2S/c1-4(6)8-5(2)7-3/h6H,1-3H3/b6-4?,7-5-. The van der Waals surface area contributed by atoms with E-state index < -0.39 is 0 Å². The molecule has 0 fully saturated rings. The van der Waals surface area contributed by atoms with Crippen LogP contribution >= 0.6 is 11.8 Å². The third kappa shape index (κ3) is 3.87. The predicted octanol–water partition coefficient (Wildman–Crippen LogP) is 1.76. The average Bonchev–Trinajstić information content (AvgIpc) is 1.65. The van der Waals surface area contributed by atoms with Gasteiger partial charge in [-0.1, -0.05) is 11.8 Å². The molecule has 0 aliphatic carbocycles. The number of hydrogen-bond donors (Lipinski definition) is 1. The highest BCUT2D eigenvalue weighted by Gasteiger charge is 1.89. The van der Waals surface area contributed by atoms with Gasteiger partial charge in [0.25, 0.3) is 0 Å². The van der Waals surface area contributed by atoms with Crippen molar-refractivity contribution in [1.29, 1.82) is 5.41 Å². The van der Waals surface area contributed by atoms with E-state index in [4.69, 9.17) is 5.41 Å². The zero-order valence-corrected chi connectivity index (χ0v) is 6.17. The fourth-order valence-electron chi connectivity index (χ4n) is 0.267. The topological polar surface area (TPSA) is 36.2 Å². The fourth-order valence-corrected chi connectivity index (χ4v) is 0.802. The minimum absolute atomic E-state index is 0.591. The molecule has 0 aromatic rings. The quantitative estimate of drug-likeness (QED) is 0.393. The van der Waals surface area contributed by atoms with Gasteiger partial charge < -0.3 is 0 Å². The van der Waals surface area contributed by atoms with E-state index in [2.05, 4.69) is 4.99 Å². The van der Waals surface area contributed by atoms with E-state index in [-0.39, 0.29) is 0 Å². The Morgan fingerprint density at radius 3 is 2.12 bits per heavy atom. The van der Waals surface area contributed by atoms with Gasteiger partial charge in [0, 0.05) is 7.05 Å². The van der Waals surface area contributed by atoms with E-state index >= 15 is 0 Å². The van der Waals surface area contributed by atoms with Gasteiger partial charge in [-0.2, -0.15) is 0 Å². The van der Waals surface area contributed by atoms with Gasteiger partial charge in [-0.25, -0.2) is 0 Å². The summed E-state index contributed by atoms with van der Waals surface area (Å²) in [6.07, 6.45) is 0. The van der Waals surface area contributed by atoms with Crippen LogP contribution in [0.2, 0.25) is 0 Å². The number of thioether (sulfide) groups is 1. The summed E-state index contributed by atoms with van der Waals surface area (Å²) < 4.78 is 0. The maximum absolute atomic E-state index is 7.01. The number of hydrogen-bond acceptors (Lipinski definition) is 3. The molecule has 1 N–H and O–H groups in total. The Balaban J connectivity index is 3.56. The highest BCUT2D eigenvalue weighted by Crippen LogP contribution is 2.02. The van der Waals surface area contributed by atoms with Crippen molar-refractivity contribution in [2.24, 2.45) is 4.99 Å². The summed E-state index contributed by atoms with van der Waals surface area (Å²) in [4.78, 5) is 3.87. The van der Waals surface area contributed by atoms with E-state index in [9.17, 15) is 0 Å². The summed E-state index contributed by atoms with van der Waals surface area (Å²) in [5, 5.41) is 8.54. The van der Waals surface area contributed by atoms with E-state index in [1.54, 1.807) is 14.0 Å². The Kier molecular flexibility index (Phi) is 3.52. The van der Waals surface area contributed by atoms with E-state index in [0.717, 1.165) is 5.04 Å². The molecule has 0 spiro atoms. The average molecular weight is 130 g/mol. The fraction of sp³-hybridized carbons (Fsp3) is 0.600. The van der Waals surface area contributed by atoms with Crippen LogP contribution in [0.1, 0.15) is 13.8 Å². The first kappa shape index (κ1) is 7.69. The summed E-state index contributed by atoms with van der Waals surface area (Å²) in [5.41, 5.74) is 0. The monoisotopic (exact) mass is 130 g/mol. The summed E-state index contributed by atoms with van der Waals surface area (Å²) in [6.45, 7) is 3.64.